The number of hydrogen-bond acceptors (Lipinski definition) is 8. The standard InChI is InChI=1S/C43H81NO8/c1-3-5-7-9-11-13-14-15-16-17-18-19-20-21-22-23-25-27-29-31-33-39(47)44-36(37(46)32-30-28-26-24-12-10-8-6-4-2)35-51-43-42(50)41(49)40(48)38(34-45)52-43/h18-19,30,32,36-38,40-43,45-46,48-50H,3-17,20-29,31,33-35H2,1-2H3,(H,44,47)/b19-18-,32-30+. The molecular weight excluding hydrogens is 658 g/mol. The highest BCUT2D eigenvalue weighted by Gasteiger charge is 2.44. The molecule has 0 radical (unpaired) electrons. The second-order valence-electron chi connectivity index (χ2n) is 15.1. The second kappa shape index (κ2) is 34.2. The van der Waals surface area contributed by atoms with Gasteiger partial charge in [0.1, 0.15) is 24.4 Å². The van der Waals surface area contributed by atoms with Crippen LogP contribution in [0.5, 0.6) is 0 Å². The highest BCUT2D eigenvalue weighted by molar-refractivity contribution is 5.76. The average molecular weight is 740 g/mol. The van der Waals surface area contributed by atoms with Crippen molar-refractivity contribution in [2.45, 2.75) is 230 Å². The van der Waals surface area contributed by atoms with Crippen molar-refractivity contribution < 1.29 is 39.8 Å². The summed E-state index contributed by atoms with van der Waals surface area (Å²) in [5.41, 5.74) is 0. The molecule has 7 unspecified atom stereocenters. The summed E-state index contributed by atoms with van der Waals surface area (Å²) in [5, 5.41) is 53.9. The minimum absolute atomic E-state index is 0.184. The molecule has 52 heavy (non-hydrogen) atoms. The molecule has 0 aromatic rings. The van der Waals surface area contributed by atoms with Gasteiger partial charge in [-0.2, -0.15) is 0 Å². The van der Waals surface area contributed by atoms with Crippen LogP contribution in [0.3, 0.4) is 0 Å². The third-order valence-corrected chi connectivity index (χ3v) is 10.3. The van der Waals surface area contributed by atoms with E-state index in [1.54, 1.807) is 6.08 Å². The van der Waals surface area contributed by atoms with E-state index in [0.717, 1.165) is 38.5 Å². The first-order valence-electron chi connectivity index (χ1n) is 21.6. The van der Waals surface area contributed by atoms with Crippen molar-refractivity contribution in [1.82, 2.24) is 5.32 Å². The van der Waals surface area contributed by atoms with Gasteiger partial charge in [-0.3, -0.25) is 4.79 Å². The predicted molar refractivity (Wildman–Crippen MR) is 212 cm³/mol. The molecule has 6 N–H and O–H groups in total. The monoisotopic (exact) mass is 740 g/mol. The SMILES string of the molecule is CCCCCCCCC/C=C/C(O)C(COC1OC(CO)C(O)C(O)C1O)NC(=O)CCCCCCCCC/C=C\CCCCCCCCCCC. The van der Waals surface area contributed by atoms with Gasteiger partial charge in [0.05, 0.1) is 25.4 Å². The molecule has 0 bridgehead atoms. The Kier molecular flexibility index (Phi) is 32.0. The van der Waals surface area contributed by atoms with E-state index in [4.69, 9.17) is 9.47 Å². The van der Waals surface area contributed by atoms with E-state index in [9.17, 15) is 30.3 Å². The number of amides is 1. The molecule has 9 nitrogen and oxygen atoms in total. The van der Waals surface area contributed by atoms with Crippen LogP contribution >= 0.6 is 0 Å². The molecule has 1 amide bonds. The number of aliphatic hydroxyl groups is 5. The zero-order chi connectivity index (χ0) is 38.1. The fourth-order valence-corrected chi connectivity index (χ4v) is 6.74. The number of allylic oxidation sites excluding steroid dienone is 3. The van der Waals surface area contributed by atoms with Gasteiger partial charge in [0.15, 0.2) is 6.29 Å². The summed E-state index contributed by atoms with van der Waals surface area (Å²) in [6, 6.07) is -0.802. The van der Waals surface area contributed by atoms with E-state index in [1.165, 1.54) is 128 Å². The normalized spacial score (nSPS) is 22.0. The Labute approximate surface area is 318 Å². The smallest absolute Gasteiger partial charge is 0.220 e. The Morgan fingerprint density at radius 3 is 1.56 bits per heavy atom. The zero-order valence-corrected chi connectivity index (χ0v) is 33.3. The van der Waals surface area contributed by atoms with Gasteiger partial charge in [-0.05, 0) is 44.9 Å². The summed E-state index contributed by atoms with van der Waals surface area (Å²) in [6.45, 7) is 3.73. The molecule has 0 spiro atoms. The molecule has 1 fully saturated rings. The van der Waals surface area contributed by atoms with Crippen molar-refractivity contribution in [3.8, 4) is 0 Å². The minimum atomic E-state index is -1.56. The molecular formula is C43H81NO8. The van der Waals surface area contributed by atoms with E-state index in [2.05, 4.69) is 31.3 Å². The van der Waals surface area contributed by atoms with Crippen molar-refractivity contribution in [2.24, 2.45) is 0 Å². The fourth-order valence-electron chi connectivity index (χ4n) is 6.74. The molecule has 1 heterocycles. The molecule has 0 aromatic heterocycles. The quantitative estimate of drug-likeness (QED) is 0.0281. The number of nitrogens with one attached hydrogen (secondary N) is 1. The van der Waals surface area contributed by atoms with Crippen LogP contribution in [0.1, 0.15) is 187 Å². The first-order valence-corrected chi connectivity index (χ1v) is 21.6. The van der Waals surface area contributed by atoms with E-state index >= 15 is 0 Å². The molecule has 1 rings (SSSR count). The molecule has 0 aromatic carbocycles. The topological polar surface area (TPSA) is 149 Å². The molecule has 0 aliphatic carbocycles. The van der Waals surface area contributed by atoms with Gasteiger partial charge in [-0.1, -0.05) is 160 Å². The maximum atomic E-state index is 12.9. The summed E-state index contributed by atoms with van der Waals surface area (Å²) in [4.78, 5) is 12.9. The zero-order valence-electron chi connectivity index (χ0n) is 33.3. The van der Waals surface area contributed by atoms with Crippen LogP contribution in [0, 0.1) is 0 Å². The van der Waals surface area contributed by atoms with E-state index in [1.807, 2.05) is 6.08 Å². The predicted octanol–water partition coefficient (Wildman–Crippen LogP) is 8.33. The Bertz CT molecular complexity index is 868. The third kappa shape index (κ3) is 24.9. The lowest BCUT2D eigenvalue weighted by Gasteiger charge is -2.40. The number of carbonyl (C=O) groups excluding carboxylic acids is 1. The summed E-state index contributed by atoms with van der Waals surface area (Å²) < 4.78 is 11.2. The van der Waals surface area contributed by atoms with Gasteiger partial charge in [0, 0.05) is 6.42 Å². The summed E-state index contributed by atoms with van der Waals surface area (Å²) in [6.07, 6.45) is 32.3. The highest BCUT2D eigenvalue weighted by Crippen LogP contribution is 2.22. The summed E-state index contributed by atoms with van der Waals surface area (Å²) in [7, 11) is 0. The molecule has 0 saturated carbocycles. The lowest BCUT2D eigenvalue weighted by molar-refractivity contribution is -0.302. The van der Waals surface area contributed by atoms with E-state index in [0.29, 0.717) is 6.42 Å². The van der Waals surface area contributed by atoms with Gasteiger partial charge in [-0.25, -0.2) is 0 Å². The molecule has 1 aliphatic heterocycles. The van der Waals surface area contributed by atoms with Crippen LogP contribution in [0.2, 0.25) is 0 Å². The lowest BCUT2D eigenvalue weighted by atomic mass is 9.99. The third-order valence-electron chi connectivity index (χ3n) is 10.3. The van der Waals surface area contributed by atoms with Crippen LogP contribution < -0.4 is 5.32 Å². The fraction of sp³-hybridized carbons (Fsp3) is 0.884. The minimum Gasteiger partial charge on any atom is -0.394 e. The van der Waals surface area contributed by atoms with Gasteiger partial charge in [0.25, 0.3) is 0 Å². The van der Waals surface area contributed by atoms with Gasteiger partial charge in [-0.15, -0.1) is 0 Å². The molecule has 306 valence electrons. The number of aliphatic hydroxyl groups excluding tert-OH is 5. The molecule has 1 saturated heterocycles. The average Bonchev–Trinajstić information content (AvgIpc) is 3.14. The largest absolute Gasteiger partial charge is 0.394 e. The van der Waals surface area contributed by atoms with Crippen LogP contribution in [-0.2, 0) is 14.3 Å². The maximum absolute atomic E-state index is 12.9. The first kappa shape index (κ1) is 48.7. The van der Waals surface area contributed by atoms with Crippen molar-refractivity contribution in [2.75, 3.05) is 13.2 Å². The maximum Gasteiger partial charge on any atom is 0.220 e. The van der Waals surface area contributed by atoms with Crippen LogP contribution in [0.25, 0.3) is 0 Å². The summed E-state index contributed by atoms with van der Waals surface area (Å²) in [5.74, 6) is -0.184. The number of rotatable bonds is 35. The Morgan fingerprint density at radius 2 is 1.08 bits per heavy atom. The number of carbonyl (C=O) groups is 1. The molecule has 1 aliphatic rings. The van der Waals surface area contributed by atoms with E-state index < -0.39 is 49.5 Å². The van der Waals surface area contributed by atoms with Crippen molar-refractivity contribution >= 4 is 5.91 Å². The van der Waals surface area contributed by atoms with Crippen LogP contribution in [0.15, 0.2) is 24.3 Å². The number of unbranched alkanes of at least 4 members (excludes halogenated alkanes) is 23. The summed E-state index contributed by atoms with van der Waals surface area (Å²) >= 11 is 0. The van der Waals surface area contributed by atoms with Crippen molar-refractivity contribution in [3.63, 3.8) is 0 Å². The number of ether oxygens (including phenoxy) is 2. The van der Waals surface area contributed by atoms with Gasteiger partial charge in [0.2, 0.25) is 5.91 Å². The molecule has 7 atom stereocenters. The number of hydrogen-bond donors (Lipinski definition) is 6. The Morgan fingerprint density at radius 1 is 0.635 bits per heavy atom. The van der Waals surface area contributed by atoms with Crippen molar-refractivity contribution in [3.05, 3.63) is 24.3 Å². The highest BCUT2D eigenvalue weighted by atomic mass is 16.7. The van der Waals surface area contributed by atoms with Crippen LogP contribution in [-0.4, -0.2) is 87.5 Å². The van der Waals surface area contributed by atoms with Gasteiger partial charge < -0.3 is 40.3 Å². The first-order chi connectivity index (χ1) is 25.3. The van der Waals surface area contributed by atoms with Gasteiger partial charge >= 0.3 is 0 Å². The Balaban J connectivity index is 2.31. The van der Waals surface area contributed by atoms with Crippen LogP contribution in [0.4, 0.5) is 0 Å². The molecule has 9 heteroatoms. The van der Waals surface area contributed by atoms with Crippen molar-refractivity contribution in [1.29, 1.82) is 0 Å². The second-order valence-corrected chi connectivity index (χ2v) is 15.1. The lowest BCUT2D eigenvalue weighted by Crippen LogP contribution is -2.60. The Hall–Kier alpha value is -1.33. The van der Waals surface area contributed by atoms with E-state index in [-0.39, 0.29) is 12.5 Å².